The number of rotatable bonds is 5. The van der Waals surface area contributed by atoms with E-state index >= 15 is 0 Å². The maximum atomic E-state index is 5.57. The van der Waals surface area contributed by atoms with Crippen LogP contribution in [-0.2, 0) is 0 Å². The highest BCUT2D eigenvalue weighted by Crippen LogP contribution is 2.25. The molecule has 2 saturated heterocycles. The van der Waals surface area contributed by atoms with Gasteiger partial charge in [-0.05, 0) is 34.1 Å². The summed E-state index contributed by atoms with van der Waals surface area (Å²) < 4.78 is 5.57. The van der Waals surface area contributed by atoms with Crippen LogP contribution in [0.25, 0.3) is 0 Å². The molecule has 24 heavy (non-hydrogen) atoms. The second-order valence-electron chi connectivity index (χ2n) is 7.10. The van der Waals surface area contributed by atoms with Crippen molar-refractivity contribution < 1.29 is 4.74 Å². The first-order valence-electron chi connectivity index (χ1n) is 9.28. The van der Waals surface area contributed by atoms with Gasteiger partial charge in [0.25, 0.3) is 0 Å². The molecule has 0 radical (unpaired) electrons. The first-order valence-corrected chi connectivity index (χ1v) is 9.28. The molecule has 6 heteroatoms. The van der Waals surface area contributed by atoms with Crippen molar-refractivity contribution in [2.45, 2.75) is 46.2 Å². The number of aromatic nitrogens is 2. The number of hydrogen-bond donors (Lipinski definition) is 0. The summed E-state index contributed by atoms with van der Waals surface area (Å²) in [6, 6.07) is 3.29. The molecule has 134 valence electrons. The summed E-state index contributed by atoms with van der Waals surface area (Å²) in [4.78, 5) is 16.6. The third-order valence-electron chi connectivity index (χ3n) is 5.18. The lowest BCUT2D eigenvalue weighted by Gasteiger charge is -2.39. The van der Waals surface area contributed by atoms with E-state index in [1.807, 2.05) is 19.9 Å². The van der Waals surface area contributed by atoms with Crippen molar-refractivity contribution in [2.75, 3.05) is 50.8 Å². The molecule has 6 nitrogen and oxygen atoms in total. The van der Waals surface area contributed by atoms with E-state index in [1.165, 1.54) is 32.6 Å². The van der Waals surface area contributed by atoms with Gasteiger partial charge < -0.3 is 9.64 Å². The van der Waals surface area contributed by atoms with Gasteiger partial charge in [-0.15, -0.1) is 0 Å². The van der Waals surface area contributed by atoms with Crippen LogP contribution in [0.1, 0.15) is 33.0 Å². The highest BCUT2D eigenvalue weighted by Gasteiger charge is 2.31. The molecule has 0 N–H and O–H groups in total. The van der Waals surface area contributed by atoms with Gasteiger partial charge in [0.2, 0.25) is 5.88 Å². The SMILES string of the molecule is CCOc1cc(N2CC[C@H](N3CCN(C(C)C)CC3)C2)nc(C)n1. The zero-order valence-corrected chi connectivity index (χ0v) is 15.5. The third-order valence-corrected chi connectivity index (χ3v) is 5.18. The van der Waals surface area contributed by atoms with E-state index in [2.05, 4.69) is 38.5 Å². The zero-order valence-electron chi connectivity index (χ0n) is 15.5. The van der Waals surface area contributed by atoms with Crippen LogP contribution < -0.4 is 9.64 Å². The molecule has 1 aromatic rings. The normalized spacial score (nSPS) is 23.2. The predicted molar refractivity (Wildman–Crippen MR) is 96.8 cm³/mol. The van der Waals surface area contributed by atoms with Crippen molar-refractivity contribution in [3.05, 3.63) is 11.9 Å². The Morgan fingerprint density at radius 2 is 1.92 bits per heavy atom. The van der Waals surface area contributed by atoms with E-state index in [-0.39, 0.29) is 0 Å². The molecule has 0 amide bonds. The lowest BCUT2D eigenvalue weighted by Crippen LogP contribution is -2.52. The summed E-state index contributed by atoms with van der Waals surface area (Å²) >= 11 is 0. The summed E-state index contributed by atoms with van der Waals surface area (Å²) in [5.41, 5.74) is 0. The quantitative estimate of drug-likeness (QED) is 0.819. The fourth-order valence-corrected chi connectivity index (χ4v) is 3.78. The molecule has 2 fully saturated rings. The van der Waals surface area contributed by atoms with Gasteiger partial charge >= 0.3 is 0 Å². The Morgan fingerprint density at radius 3 is 2.58 bits per heavy atom. The molecule has 0 aliphatic carbocycles. The fourth-order valence-electron chi connectivity index (χ4n) is 3.78. The van der Waals surface area contributed by atoms with Crippen LogP contribution in [0.4, 0.5) is 5.82 Å². The molecule has 2 aliphatic heterocycles. The Bertz CT molecular complexity index is 542. The van der Waals surface area contributed by atoms with E-state index in [0.717, 1.165) is 24.7 Å². The number of nitrogens with zero attached hydrogens (tertiary/aromatic N) is 5. The first kappa shape index (κ1) is 17.4. The molecule has 0 bridgehead atoms. The maximum absolute atomic E-state index is 5.57. The molecule has 1 atom stereocenters. The average molecular weight is 333 g/mol. The topological polar surface area (TPSA) is 44.7 Å². The van der Waals surface area contributed by atoms with Gasteiger partial charge in [-0.1, -0.05) is 0 Å². The monoisotopic (exact) mass is 333 g/mol. The first-order chi connectivity index (χ1) is 11.6. The second-order valence-corrected chi connectivity index (χ2v) is 7.10. The molecule has 3 rings (SSSR count). The third kappa shape index (κ3) is 3.98. The number of ether oxygens (including phenoxy) is 1. The van der Waals surface area contributed by atoms with Crippen molar-refractivity contribution in [1.82, 2.24) is 19.8 Å². The number of hydrogen-bond acceptors (Lipinski definition) is 6. The van der Waals surface area contributed by atoms with E-state index in [1.54, 1.807) is 0 Å². The summed E-state index contributed by atoms with van der Waals surface area (Å²) in [5.74, 6) is 2.48. The van der Waals surface area contributed by atoms with Gasteiger partial charge in [0.15, 0.2) is 0 Å². The largest absolute Gasteiger partial charge is 0.478 e. The predicted octanol–water partition coefficient (Wildman–Crippen LogP) is 1.79. The van der Waals surface area contributed by atoms with Crippen molar-refractivity contribution >= 4 is 5.82 Å². The van der Waals surface area contributed by atoms with Crippen LogP contribution in [0.5, 0.6) is 5.88 Å². The molecule has 0 unspecified atom stereocenters. The Morgan fingerprint density at radius 1 is 1.17 bits per heavy atom. The van der Waals surface area contributed by atoms with Gasteiger partial charge in [0, 0.05) is 57.4 Å². The highest BCUT2D eigenvalue weighted by atomic mass is 16.5. The molecule has 2 aliphatic rings. The average Bonchev–Trinajstić information content (AvgIpc) is 3.05. The molecule has 3 heterocycles. The van der Waals surface area contributed by atoms with Gasteiger partial charge in [0.1, 0.15) is 11.6 Å². The van der Waals surface area contributed by atoms with Gasteiger partial charge in [0.05, 0.1) is 6.61 Å². The molecular weight excluding hydrogens is 302 g/mol. The lowest BCUT2D eigenvalue weighted by molar-refractivity contribution is 0.0842. The van der Waals surface area contributed by atoms with Gasteiger partial charge in [-0.2, -0.15) is 4.98 Å². The minimum absolute atomic E-state index is 0.638. The summed E-state index contributed by atoms with van der Waals surface area (Å²) in [7, 11) is 0. The fraction of sp³-hybridized carbons (Fsp3) is 0.778. The maximum Gasteiger partial charge on any atom is 0.218 e. The lowest BCUT2D eigenvalue weighted by atomic mass is 10.1. The smallest absolute Gasteiger partial charge is 0.218 e. The van der Waals surface area contributed by atoms with Crippen LogP contribution >= 0.6 is 0 Å². The summed E-state index contributed by atoms with van der Waals surface area (Å²) in [6.45, 7) is 16.0. The van der Waals surface area contributed by atoms with Gasteiger partial charge in [-0.3, -0.25) is 9.80 Å². The molecule has 0 saturated carbocycles. The minimum atomic E-state index is 0.638. The standard InChI is InChI=1S/C18H31N5O/c1-5-24-18-12-17(19-15(4)20-18)23-7-6-16(13-23)22-10-8-21(9-11-22)14(2)3/h12,14,16H,5-11,13H2,1-4H3/t16-/m0/s1. The zero-order chi connectivity index (χ0) is 17.1. The van der Waals surface area contributed by atoms with Crippen molar-refractivity contribution in [3.63, 3.8) is 0 Å². The molecule has 1 aromatic heterocycles. The molecule has 0 spiro atoms. The van der Waals surface area contributed by atoms with E-state index in [0.29, 0.717) is 24.6 Å². The number of piperazine rings is 1. The van der Waals surface area contributed by atoms with Crippen LogP contribution in [0.3, 0.4) is 0 Å². The Balaban J connectivity index is 1.60. The second kappa shape index (κ2) is 7.66. The van der Waals surface area contributed by atoms with Gasteiger partial charge in [-0.25, -0.2) is 4.98 Å². The van der Waals surface area contributed by atoms with Crippen molar-refractivity contribution in [2.24, 2.45) is 0 Å². The Labute approximate surface area is 145 Å². The van der Waals surface area contributed by atoms with Crippen LogP contribution in [0, 0.1) is 6.92 Å². The van der Waals surface area contributed by atoms with E-state index in [9.17, 15) is 0 Å². The number of anilines is 1. The number of aryl methyl sites for hydroxylation is 1. The van der Waals surface area contributed by atoms with Crippen molar-refractivity contribution in [1.29, 1.82) is 0 Å². The Kier molecular flexibility index (Phi) is 5.56. The van der Waals surface area contributed by atoms with E-state index < -0.39 is 0 Å². The van der Waals surface area contributed by atoms with Crippen LogP contribution in [0.2, 0.25) is 0 Å². The van der Waals surface area contributed by atoms with Crippen LogP contribution in [0.15, 0.2) is 6.07 Å². The highest BCUT2D eigenvalue weighted by molar-refractivity contribution is 5.43. The molecule has 0 aromatic carbocycles. The van der Waals surface area contributed by atoms with Crippen LogP contribution in [-0.4, -0.2) is 77.7 Å². The minimum Gasteiger partial charge on any atom is -0.478 e. The van der Waals surface area contributed by atoms with Crippen molar-refractivity contribution in [3.8, 4) is 5.88 Å². The molecular formula is C18H31N5O. The summed E-state index contributed by atoms with van der Waals surface area (Å²) in [6.07, 6.45) is 1.22. The summed E-state index contributed by atoms with van der Waals surface area (Å²) in [5, 5.41) is 0. The Hall–Kier alpha value is -1.40. The van der Waals surface area contributed by atoms with E-state index in [4.69, 9.17) is 4.74 Å².